The number of hydrogen-bond acceptors (Lipinski definition) is 4. The number of benzene rings is 1. The number of rotatable bonds is 6. The minimum Gasteiger partial charge on any atom is -0.326 e. The van der Waals surface area contributed by atoms with Gasteiger partial charge in [-0.3, -0.25) is 9.48 Å². The Morgan fingerprint density at radius 2 is 1.92 bits per heavy atom. The lowest BCUT2D eigenvalue weighted by molar-refractivity contribution is -0.119. The number of aromatic nitrogens is 5. The zero-order valence-corrected chi connectivity index (χ0v) is 15.6. The predicted molar refractivity (Wildman–Crippen MR) is 99.8 cm³/mol. The van der Waals surface area contributed by atoms with Crippen LogP contribution in [0.1, 0.15) is 29.4 Å². The fourth-order valence-electron chi connectivity index (χ4n) is 2.77. The van der Waals surface area contributed by atoms with Gasteiger partial charge in [0.25, 0.3) is 0 Å². The van der Waals surface area contributed by atoms with E-state index in [4.69, 9.17) is 0 Å². The van der Waals surface area contributed by atoms with Gasteiger partial charge in [-0.1, -0.05) is 19.1 Å². The van der Waals surface area contributed by atoms with Crippen LogP contribution in [0.3, 0.4) is 0 Å². The van der Waals surface area contributed by atoms with E-state index in [-0.39, 0.29) is 11.8 Å². The summed E-state index contributed by atoms with van der Waals surface area (Å²) in [6.07, 6.45) is 3.19. The Bertz CT molecular complexity index is 880. The summed E-state index contributed by atoms with van der Waals surface area (Å²) in [5.74, 6) is -0.193. The molecule has 1 amide bonds. The number of hydrogen-bond donors (Lipinski definition) is 1. The average Bonchev–Trinajstić information content (AvgIpc) is 3.21. The molecule has 0 aliphatic rings. The summed E-state index contributed by atoms with van der Waals surface area (Å²) in [5.41, 5.74) is 5.19. The van der Waals surface area contributed by atoms with Crippen molar-refractivity contribution in [1.29, 1.82) is 0 Å². The molecule has 0 aliphatic heterocycles. The van der Waals surface area contributed by atoms with E-state index in [1.807, 2.05) is 49.7 Å². The van der Waals surface area contributed by atoms with Gasteiger partial charge in [0, 0.05) is 11.4 Å². The van der Waals surface area contributed by atoms with Crippen LogP contribution in [0.4, 0.5) is 5.69 Å². The van der Waals surface area contributed by atoms with Gasteiger partial charge >= 0.3 is 0 Å². The van der Waals surface area contributed by atoms with Crippen LogP contribution in [0.5, 0.6) is 0 Å². The highest BCUT2D eigenvalue weighted by Crippen LogP contribution is 2.15. The van der Waals surface area contributed by atoms with Crippen molar-refractivity contribution in [3.05, 3.63) is 59.4 Å². The Morgan fingerprint density at radius 1 is 1.19 bits per heavy atom. The first-order valence-electron chi connectivity index (χ1n) is 8.67. The van der Waals surface area contributed by atoms with Gasteiger partial charge in [0.05, 0.1) is 24.7 Å². The maximum Gasteiger partial charge on any atom is 0.229 e. The van der Waals surface area contributed by atoms with E-state index in [0.29, 0.717) is 13.1 Å². The molecule has 0 spiro atoms. The van der Waals surface area contributed by atoms with E-state index in [0.717, 1.165) is 22.6 Å². The minimum atomic E-state index is -0.178. The van der Waals surface area contributed by atoms with Crippen molar-refractivity contribution in [3.63, 3.8) is 0 Å². The van der Waals surface area contributed by atoms with Gasteiger partial charge < -0.3 is 5.32 Å². The largest absolute Gasteiger partial charge is 0.326 e. The first kappa shape index (κ1) is 17.8. The zero-order valence-electron chi connectivity index (χ0n) is 15.6. The van der Waals surface area contributed by atoms with E-state index in [2.05, 4.69) is 27.4 Å². The molecule has 7 nitrogen and oxygen atoms in total. The van der Waals surface area contributed by atoms with Gasteiger partial charge in [-0.05, 0) is 44.0 Å². The molecule has 0 fully saturated rings. The SMILES string of the molecule is Cc1nn(CC(C)C(=O)Nc2ccc(Cn3cncn3)cc2)c(C)c1C. The van der Waals surface area contributed by atoms with Crippen LogP contribution in [-0.4, -0.2) is 30.5 Å². The molecular weight excluding hydrogens is 328 g/mol. The molecule has 7 heteroatoms. The van der Waals surface area contributed by atoms with Crippen LogP contribution in [0.25, 0.3) is 0 Å². The molecule has 3 aromatic rings. The van der Waals surface area contributed by atoms with Gasteiger partial charge in [0.2, 0.25) is 5.91 Å². The van der Waals surface area contributed by atoms with Crippen LogP contribution in [0.2, 0.25) is 0 Å². The van der Waals surface area contributed by atoms with Gasteiger partial charge in [0.15, 0.2) is 0 Å². The minimum absolute atomic E-state index is 0.0146. The Balaban J connectivity index is 1.59. The van der Waals surface area contributed by atoms with E-state index in [9.17, 15) is 4.79 Å². The van der Waals surface area contributed by atoms with Gasteiger partial charge in [-0.15, -0.1) is 0 Å². The Labute approximate surface area is 153 Å². The van der Waals surface area contributed by atoms with Crippen molar-refractivity contribution in [2.24, 2.45) is 5.92 Å². The van der Waals surface area contributed by atoms with Crippen molar-refractivity contribution in [2.75, 3.05) is 5.32 Å². The molecular formula is C19H24N6O. The quantitative estimate of drug-likeness (QED) is 0.740. The van der Waals surface area contributed by atoms with Crippen LogP contribution in [0, 0.1) is 26.7 Å². The molecule has 3 rings (SSSR count). The van der Waals surface area contributed by atoms with E-state index >= 15 is 0 Å². The van der Waals surface area contributed by atoms with E-state index in [1.54, 1.807) is 11.0 Å². The second kappa shape index (κ2) is 7.51. The van der Waals surface area contributed by atoms with Crippen molar-refractivity contribution in [2.45, 2.75) is 40.8 Å². The summed E-state index contributed by atoms with van der Waals surface area (Å²) in [6, 6.07) is 7.77. The first-order valence-corrected chi connectivity index (χ1v) is 8.67. The molecule has 0 saturated heterocycles. The standard InChI is InChI=1S/C19H24N6O/c1-13(9-25-16(4)14(2)15(3)23-25)19(26)22-18-7-5-17(6-8-18)10-24-12-20-11-21-24/h5-8,11-13H,9-10H2,1-4H3,(H,22,26). The van der Waals surface area contributed by atoms with E-state index in [1.165, 1.54) is 11.9 Å². The van der Waals surface area contributed by atoms with Crippen LogP contribution in [0.15, 0.2) is 36.9 Å². The number of carbonyl (C=O) groups excluding carboxylic acids is 1. The predicted octanol–water partition coefficient (Wildman–Crippen LogP) is 2.72. The normalized spacial score (nSPS) is 12.2. The van der Waals surface area contributed by atoms with Crippen LogP contribution >= 0.6 is 0 Å². The molecule has 1 N–H and O–H groups in total. The second-order valence-electron chi connectivity index (χ2n) is 6.66. The average molecular weight is 352 g/mol. The lowest BCUT2D eigenvalue weighted by Crippen LogP contribution is -2.25. The third kappa shape index (κ3) is 3.99. The van der Waals surface area contributed by atoms with Crippen molar-refractivity contribution in [3.8, 4) is 0 Å². The summed E-state index contributed by atoms with van der Waals surface area (Å²) in [7, 11) is 0. The third-order valence-corrected chi connectivity index (χ3v) is 4.67. The van der Waals surface area contributed by atoms with Crippen LogP contribution in [-0.2, 0) is 17.9 Å². The highest BCUT2D eigenvalue weighted by atomic mass is 16.1. The molecule has 0 saturated carbocycles. The summed E-state index contributed by atoms with van der Waals surface area (Å²) >= 11 is 0. The molecule has 2 aromatic heterocycles. The number of anilines is 1. The lowest BCUT2D eigenvalue weighted by atomic mass is 10.1. The molecule has 2 heterocycles. The summed E-state index contributed by atoms with van der Waals surface area (Å²) in [6.45, 7) is 9.22. The maximum atomic E-state index is 12.5. The van der Waals surface area contributed by atoms with Crippen molar-refractivity contribution < 1.29 is 4.79 Å². The fraction of sp³-hybridized carbons (Fsp3) is 0.368. The van der Waals surface area contributed by atoms with Gasteiger partial charge in [-0.2, -0.15) is 10.2 Å². The summed E-state index contributed by atoms with van der Waals surface area (Å²) < 4.78 is 3.67. The molecule has 0 aliphatic carbocycles. The molecule has 1 unspecified atom stereocenters. The first-order chi connectivity index (χ1) is 12.4. The molecule has 0 bridgehead atoms. The fourth-order valence-corrected chi connectivity index (χ4v) is 2.77. The van der Waals surface area contributed by atoms with E-state index < -0.39 is 0 Å². The third-order valence-electron chi connectivity index (χ3n) is 4.67. The highest BCUT2D eigenvalue weighted by Gasteiger charge is 2.17. The molecule has 1 atom stereocenters. The Kier molecular flexibility index (Phi) is 5.16. The topological polar surface area (TPSA) is 77.6 Å². The van der Waals surface area contributed by atoms with Gasteiger partial charge in [0.1, 0.15) is 12.7 Å². The van der Waals surface area contributed by atoms with Crippen molar-refractivity contribution >= 4 is 11.6 Å². The molecule has 26 heavy (non-hydrogen) atoms. The Hall–Kier alpha value is -2.96. The van der Waals surface area contributed by atoms with Crippen molar-refractivity contribution in [1.82, 2.24) is 24.5 Å². The smallest absolute Gasteiger partial charge is 0.229 e. The maximum absolute atomic E-state index is 12.5. The number of nitrogens with one attached hydrogen (secondary N) is 1. The monoisotopic (exact) mass is 352 g/mol. The second-order valence-corrected chi connectivity index (χ2v) is 6.66. The molecule has 1 aromatic carbocycles. The number of carbonyl (C=O) groups is 1. The van der Waals surface area contributed by atoms with Gasteiger partial charge in [-0.25, -0.2) is 9.67 Å². The molecule has 136 valence electrons. The lowest BCUT2D eigenvalue weighted by Gasteiger charge is -2.14. The Morgan fingerprint density at radius 3 is 2.50 bits per heavy atom. The zero-order chi connectivity index (χ0) is 18.7. The number of aryl methyl sites for hydroxylation is 1. The number of nitrogens with zero attached hydrogens (tertiary/aromatic N) is 5. The molecule has 0 radical (unpaired) electrons. The van der Waals surface area contributed by atoms with Crippen LogP contribution < -0.4 is 5.32 Å². The summed E-state index contributed by atoms with van der Waals surface area (Å²) in [5, 5.41) is 11.6. The highest BCUT2D eigenvalue weighted by molar-refractivity contribution is 5.92. The number of amides is 1. The summed E-state index contributed by atoms with van der Waals surface area (Å²) in [4.78, 5) is 16.4.